The van der Waals surface area contributed by atoms with Gasteiger partial charge in [0.15, 0.2) is 0 Å². The van der Waals surface area contributed by atoms with E-state index in [4.69, 9.17) is 0 Å². The van der Waals surface area contributed by atoms with Gasteiger partial charge in [0.1, 0.15) is 11.6 Å². The molecule has 1 heterocycles. The molecule has 5 heteroatoms. The molecule has 1 aliphatic rings. The first-order chi connectivity index (χ1) is 11.0. The lowest BCUT2D eigenvalue weighted by Gasteiger charge is -2.20. The number of nitrogens with zero attached hydrogens (tertiary/aromatic N) is 1. The average molecular weight is 316 g/mol. The van der Waals surface area contributed by atoms with Crippen molar-refractivity contribution in [2.24, 2.45) is 0 Å². The molecule has 1 fully saturated rings. The van der Waals surface area contributed by atoms with Gasteiger partial charge in [0.2, 0.25) is 0 Å². The molecule has 0 spiro atoms. The van der Waals surface area contributed by atoms with Crippen LogP contribution in [0.15, 0.2) is 36.4 Å². The molecule has 0 aliphatic carbocycles. The summed E-state index contributed by atoms with van der Waals surface area (Å²) >= 11 is 0. The summed E-state index contributed by atoms with van der Waals surface area (Å²) in [5.41, 5.74) is 2.64. The molecular formula is C18H18F2N2O. The minimum atomic E-state index is -0.868. The Labute approximate surface area is 133 Å². The molecule has 0 radical (unpaired) electrons. The van der Waals surface area contributed by atoms with E-state index < -0.39 is 17.5 Å². The highest BCUT2D eigenvalue weighted by Crippen LogP contribution is 2.27. The summed E-state index contributed by atoms with van der Waals surface area (Å²) < 4.78 is 26.6. The minimum absolute atomic E-state index is 0.173. The van der Waals surface area contributed by atoms with Crippen LogP contribution in [0.2, 0.25) is 0 Å². The Kier molecular flexibility index (Phi) is 4.28. The number of rotatable bonds is 3. The highest BCUT2D eigenvalue weighted by molar-refractivity contribution is 6.04. The summed E-state index contributed by atoms with van der Waals surface area (Å²) in [5.74, 6) is -2.16. The molecule has 0 bridgehead atoms. The summed E-state index contributed by atoms with van der Waals surface area (Å²) in [5, 5.41) is 2.66. The molecule has 0 unspecified atom stereocenters. The van der Waals surface area contributed by atoms with Crippen molar-refractivity contribution < 1.29 is 13.6 Å². The smallest absolute Gasteiger partial charge is 0.258 e. The standard InChI is InChI=1S/C18H18F2N2O/c1-12-10-14(5-7-17(12)22-8-2-3-9-22)21-18(23)15-6-4-13(19)11-16(15)20/h4-7,10-11H,2-3,8-9H2,1H3,(H,21,23). The van der Waals surface area contributed by atoms with Gasteiger partial charge in [0.25, 0.3) is 5.91 Å². The number of carbonyl (C=O) groups is 1. The van der Waals surface area contributed by atoms with Gasteiger partial charge in [-0.05, 0) is 55.7 Å². The van der Waals surface area contributed by atoms with Gasteiger partial charge in [-0.25, -0.2) is 8.78 Å². The first-order valence-corrected chi connectivity index (χ1v) is 7.66. The fourth-order valence-electron chi connectivity index (χ4n) is 2.92. The van der Waals surface area contributed by atoms with E-state index in [9.17, 15) is 13.6 Å². The lowest BCUT2D eigenvalue weighted by molar-refractivity contribution is 0.102. The number of hydrogen-bond donors (Lipinski definition) is 1. The third-order valence-electron chi connectivity index (χ3n) is 4.08. The van der Waals surface area contributed by atoms with Gasteiger partial charge >= 0.3 is 0 Å². The van der Waals surface area contributed by atoms with Gasteiger partial charge in [-0.3, -0.25) is 4.79 Å². The highest BCUT2D eigenvalue weighted by Gasteiger charge is 2.16. The van der Waals surface area contributed by atoms with Gasteiger partial charge in [-0.2, -0.15) is 0 Å². The number of amides is 1. The third-order valence-corrected chi connectivity index (χ3v) is 4.08. The maximum absolute atomic E-state index is 13.6. The zero-order valence-corrected chi connectivity index (χ0v) is 12.9. The second-order valence-corrected chi connectivity index (χ2v) is 5.77. The van der Waals surface area contributed by atoms with Crippen LogP contribution in [-0.4, -0.2) is 19.0 Å². The third kappa shape index (κ3) is 3.33. The number of hydrogen-bond acceptors (Lipinski definition) is 2. The lowest BCUT2D eigenvalue weighted by Crippen LogP contribution is -2.19. The molecule has 0 aromatic heterocycles. The maximum Gasteiger partial charge on any atom is 0.258 e. The quantitative estimate of drug-likeness (QED) is 0.923. The second kappa shape index (κ2) is 6.36. The number of anilines is 2. The van der Waals surface area contributed by atoms with Crippen LogP contribution in [0, 0.1) is 18.6 Å². The topological polar surface area (TPSA) is 32.3 Å². The molecule has 0 atom stereocenters. The highest BCUT2D eigenvalue weighted by atomic mass is 19.1. The Morgan fingerprint density at radius 3 is 2.48 bits per heavy atom. The average Bonchev–Trinajstić information content (AvgIpc) is 3.01. The predicted octanol–water partition coefficient (Wildman–Crippen LogP) is 4.13. The van der Waals surface area contributed by atoms with Crippen molar-refractivity contribution in [2.45, 2.75) is 19.8 Å². The molecule has 2 aromatic carbocycles. The Bertz CT molecular complexity index is 740. The molecule has 1 saturated heterocycles. The van der Waals surface area contributed by atoms with Gasteiger partial charge in [-0.15, -0.1) is 0 Å². The van der Waals surface area contributed by atoms with E-state index in [2.05, 4.69) is 10.2 Å². The molecule has 1 amide bonds. The fraction of sp³-hybridized carbons (Fsp3) is 0.278. The van der Waals surface area contributed by atoms with Crippen LogP contribution in [0.3, 0.4) is 0 Å². The molecule has 3 rings (SSSR count). The number of halogens is 2. The van der Waals surface area contributed by atoms with Crippen molar-refractivity contribution in [3.63, 3.8) is 0 Å². The monoisotopic (exact) mass is 316 g/mol. The molecule has 120 valence electrons. The van der Waals surface area contributed by atoms with Crippen LogP contribution in [0.5, 0.6) is 0 Å². The Morgan fingerprint density at radius 1 is 1.09 bits per heavy atom. The summed E-state index contributed by atoms with van der Waals surface area (Å²) in [6.45, 7) is 4.09. The summed E-state index contributed by atoms with van der Waals surface area (Å²) in [7, 11) is 0. The maximum atomic E-state index is 13.6. The van der Waals surface area contributed by atoms with Crippen molar-refractivity contribution in [3.8, 4) is 0 Å². The van der Waals surface area contributed by atoms with Crippen LogP contribution < -0.4 is 10.2 Å². The van der Waals surface area contributed by atoms with Crippen molar-refractivity contribution in [3.05, 3.63) is 59.2 Å². The molecular weight excluding hydrogens is 298 g/mol. The van der Waals surface area contributed by atoms with Crippen LogP contribution in [0.25, 0.3) is 0 Å². The zero-order valence-electron chi connectivity index (χ0n) is 12.9. The summed E-state index contributed by atoms with van der Waals surface area (Å²) in [6.07, 6.45) is 2.39. The van der Waals surface area contributed by atoms with Crippen LogP contribution >= 0.6 is 0 Å². The van der Waals surface area contributed by atoms with Gasteiger partial charge in [0.05, 0.1) is 5.56 Å². The normalized spacial score (nSPS) is 14.1. The number of nitrogens with one attached hydrogen (secondary N) is 1. The largest absolute Gasteiger partial charge is 0.371 e. The van der Waals surface area contributed by atoms with E-state index in [1.54, 1.807) is 6.07 Å². The molecule has 0 saturated carbocycles. The summed E-state index contributed by atoms with van der Waals surface area (Å²) in [6, 6.07) is 8.56. The SMILES string of the molecule is Cc1cc(NC(=O)c2ccc(F)cc2F)ccc1N1CCCC1. The lowest BCUT2D eigenvalue weighted by atomic mass is 10.1. The minimum Gasteiger partial charge on any atom is -0.371 e. The van der Waals surface area contributed by atoms with E-state index in [0.29, 0.717) is 11.8 Å². The van der Waals surface area contributed by atoms with Crippen LogP contribution in [-0.2, 0) is 0 Å². The molecule has 1 aliphatic heterocycles. The molecule has 23 heavy (non-hydrogen) atoms. The Hall–Kier alpha value is -2.43. The number of aryl methyl sites for hydroxylation is 1. The van der Waals surface area contributed by atoms with E-state index in [1.165, 1.54) is 12.8 Å². The summed E-state index contributed by atoms with van der Waals surface area (Å²) in [4.78, 5) is 14.4. The van der Waals surface area contributed by atoms with Crippen molar-refractivity contribution in [1.82, 2.24) is 0 Å². The van der Waals surface area contributed by atoms with Gasteiger partial charge in [0, 0.05) is 30.5 Å². The van der Waals surface area contributed by atoms with Crippen LogP contribution in [0.4, 0.5) is 20.2 Å². The zero-order chi connectivity index (χ0) is 16.4. The van der Waals surface area contributed by atoms with Crippen molar-refractivity contribution in [1.29, 1.82) is 0 Å². The molecule has 2 aromatic rings. The van der Waals surface area contributed by atoms with Crippen LogP contribution in [0.1, 0.15) is 28.8 Å². The van der Waals surface area contributed by atoms with Gasteiger partial charge < -0.3 is 10.2 Å². The van der Waals surface area contributed by atoms with Gasteiger partial charge in [-0.1, -0.05) is 0 Å². The Morgan fingerprint density at radius 2 is 1.83 bits per heavy atom. The second-order valence-electron chi connectivity index (χ2n) is 5.77. The van der Waals surface area contributed by atoms with E-state index in [1.807, 2.05) is 19.1 Å². The predicted molar refractivity (Wildman–Crippen MR) is 86.9 cm³/mol. The van der Waals surface area contributed by atoms with Crippen molar-refractivity contribution in [2.75, 3.05) is 23.3 Å². The molecule has 1 N–H and O–H groups in total. The first-order valence-electron chi connectivity index (χ1n) is 7.66. The molecule has 3 nitrogen and oxygen atoms in total. The van der Waals surface area contributed by atoms with E-state index in [-0.39, 0.29) is 5.56 Å². The number of benzene rings is 2. The number of carbonyl (C=O) groups excluding carboxylic acids is 1. The fourth-order valence-corrected chi connectivity index (χ4v) is 2.92. The van der Waals surface area contributed by atoms with Crippen molar-refractivity contribution >= 4 is 17.3 Å². The Balaban J connectivity index is 1.77. The van der Waals surface area contributed by atoms with E-state index >= 15 is 0 Å². The first kappa shape index (κ1) is 15.5. The van der Waals surface area contributed by atoms with E-state index in [0.717, 1.165) is 36.5 Å².